The van der Waals surface area contributed by atoms with E-state index in [1.54, 1.807) is 21.2 Å². The van der Waals surface area contributed by atoms with Gasteiger partial charge in [-0.25, -0.2) is 0 Å². The minimum atomic E-state index is 0.627. The van der Waals surface area contributed by atoms with E-state index in [1.807, 2.05) is 48.5 Å². The first-order chi connectivity index (χ1) is 17.3. The lowest BCUT2D eigenvalue weighted by Crippen LogP contribution is -2.18. The molecule has 1 N–H and O–H groups in total. The van der Waals surface area contributed by atoms with E-state index in [4.69, 9.17) is 10.2 Å². The number of nitrogens with zero attached hydrogens (tertiary/aromatic N) is 7. The van der Waals surface area contributed by atoms with Crippen molar-refractivity contribution in [3.8, 4) is 16.9 Å². The number of hydrogen-bond donors (Lipinski definition) is 1. The molecule has 0 saturated carbocycles. The Labute approximate surface area is 208 Å². The molecule has 8 nitrogen and oxygen atoms in total. The smallest absolute Gasteiger partial charge is 0.214 e. The van der Waals surface area contributed by atoms with Crippen LogP contribution in [0.4, 0.5) is 0 Å². The molecule has 0 unspecified atom stereocenters. The van der Waals surface area contributed by atoms with Gasteiger partial charge in [0.15, 0.2) is 0 Å². The van der Waals surface area contributed by atoms with E-state index in [2.05, 4.69) is 64.2 Å². The summed E-state index contributed by atoms with van der Waals surface area (Å²) in [7, 11) is 0. The van der Waals surface area contributed by atoms with Crippen molar-refractivity contribution >= 4 is 11.8 Å². The summed E-state index contributed by atoms with van der Waals surface area (Å²) in [6.07, 6.45) is 0. The standard InChI is InChI=1S/C26H26N8S/c1-20-12-14-21(15-13-20)19-33-29-24(25(30-33)22-8-4-2-5-9-22)18-27-16-17-35-26-28-31-32-34(26)23-10-6-3-7-11-23/h2-15,27H,16-19H2,1H3. The Morgan fingerprint density at radius 1 is 0.857 bits per heavy atom. The molecule has 0 fully saturated rings. The van der Waals surface area contributed by atoms with Crippen molar-refractivity contribution in [3.63, 3.8) is 0 Å². The zero-order valence-electron chi connectivity index (χ0n) is 19.5. The van der Waals surface area contributed by atoms with Gasteiger partial charge in [0.05, 0.1) is 12.2 Å². The third kappa shape index (κ3) is 5.82. The summed E-state index contributed by atoms with van der Waals surface area (Å²) in [6, 6.07) is 28.6. The topological polar surface area (TPSA) is 86.3 Å². The van der Waals surface area contributed by atoms with Crippen molar-refractivity contribution in [2.45, 2.75) is 25.2 Å². The van der Waals surface area contributed by atoms with Gasteiger partial charge in [-0.3, -0.25) is 0 Å². The summed E-state index contributed by atoms with van der Waals surface area (Å²) in [5.41, 5.74) is 6.28. The van der Waals surface area contributed by atoms with Gasteiger partial charge in [0, 0.05) is 24.4 Å². The van der Waals surface area contributed by atoms with Crippen molar-refractivity contribution in [1.29, 1.82) is 0 Å². The minimum Gasteiger partial charge on any atom is -0.310 e. The van der Waals surface area contributed by atoms with Crippen molar-refractivity contribution in [3.05, 3.63) is 102 Å². The molecule has 0 amide bonds. The van der Waals surface area contributed by atoms with Crippen LogP contribution in [-0.4, -0.2) is 47.5 Å². The molecule has 5 rings (SSSR count). The number of nitrogens with one attached hydrogen (secondary N) is 1. The van der Waals surface area contributed by atoms with Gasteiger partial charge in [-0.15, -0.1) is 5.10 Å². The van der Waals surface area contributed by atoms with Crippen LogP contribution in [0.15, 0.2) is 90.1 Å². The van der Waals surface area contributed by atoms with E-state index >= 15 is 0 Å². The first kappa shape index (κ1) is 22.9. The van der Waals surface area contributed by atoms with Crippen LogP contribution < -0.4 is 5.32 Å². The highest BCUT2D eigenvalue weighted by atomic mass is 32.2. The molecular formula is C26H26N8S. The number of thioether (sulfide) groups is 1. The Morgan fingerprint density at radius 2 is 1.60 bits per heavy atom. The molecule has 0 spiro atoms. The van der Waals surface area contributed by atoms with Crippen LogP contribution in [0.2, 0.25) is 0 Å². The maximum atomic E-state index is 4.81. The van der Waals surface area contributed by atoms with Gasteiger partial charge < -0.3 is 5.32 Å². The predicted molar refractivity (Wildman–Crippen MR) is 137 cm³/mol. The maximum absolute atomic E-state index is 4.81. The van der Waals surface area contributed by atoms with Crippen LogP contribution in [0.5, 0.6) is 0 Å². The number of para-hydroxylation sites is 1. The summed E-state index contributed by atoms with van der Waals surface area (Å²) in [4.78, 5) is 1.78. The van der Waals surface area contributed by atoms with E-state index in [9.17, 15) is 0 Å². The van der Waals surface area contributed by atoms with Crippen LogP contribution in [0, 0.1) is 6.92 Å². The molecule has 0 aliphatic carbocycles. The van der Waals surface area contributed by atoms with E-state index < -0.39 is 0 Å². The molecule has 0 bridgehead atoms. The third-order valence-electron chi connectivity index (χ3n) is 5.46. The first-order valence-corrected chi connectivity index (χ1v) is 12.5. The molecule has 0 saturated heterocycles. The fraction of sp³-hybridized carbons (Fsp3) is 0.192. The largest absolute Gasteiger partial charge is 0.310 e. The SMILES string of the molecule is Cc1ccc(Cn2nc(CNCCSc3nnnn3-c3ccccc3)c(-c3ccccc3)n2)cc1. The summed E-state index contributed by atoms with van der Waals surface area (Å²) in [5, 5.41) is 26.0. The molecule has 0 atom stereocenters. The average molecular weight is 483 g/mol. The number of aryl methyl sites for hydroxylation is 1. The van der Waals surface area contributed by atoms with E-state index in [0.29, 0.717) is 13.1 Å². The van der Waals surface area contributed by atoms with E-state index in [0.717, 1.165) is 40.1 Å². The zero-order chi connectivity index (χ0) is 23.9. The second-order valence-corrected chi connectivity index (χ2v) is 9.17. The van der Waals surface area contributed by atoms with Crippen LogP contribution in [0.1, 0.15) is 16.8 Å². The number of benzene rings is 3. The van der Waals surface area contributed by atoms with Crippen LogP contribution >= 0.6 is 11.8 Å². The molecular weight excluding hydrogens is 456 g/mol. The predicted octanol–water partition coefficient (Wildman–Crippen LogP) is 4.16. The molecule has 0 radical (unpaired) electrons. The Kier molecular flexibility index (Phi) is 7.26. The van der Waals surface area contributed by atoms with E-state index in [-0.39, 0.29) is 0 Å². The quantitative estimate of drug-likeness (QED) is 0.236. The molecule has 0 aliphatic rings. The molecule has 2 aromatic heterocycles. The van der Waals surface area contributed by atoms with Crippen molar-refractivity contribution in [1.82, 2.24) is 40.5 Å². The molecule has 2 heterocycles. The number of tetrazole rings is 1. The Balaban J connectivity index is 1.22. The molecule has 176 valence electrons. The number of aromatic nitrogens is 7. The lowest BCUT2D eigenvalue weighted by atomic mass is 10.1. The van der Waals surface area contributed by atoms with Gasteiger partial charge >= 0.3 is 0 Å². The van der Waals surface area contributed by atoms with Gasteiger partial charge in [-0.1, -0.05) is 90.1 Å². The maximum Gasteiger partial charge on any atom is 0.214 e. The van der Waals surface area contributed by atoms with Gasteiger partial charge in [0.1, 0.15) is 11.4 Å². The van der Waals surface area contributed by atoms with Crippen LogP contribution in [-0.2, 0) is 13.1 Å². The van der Waals surface area contributed by atoms with Gasteiger partial charge in [0.2, 0.25) is 5.16 Å². The molecule has 0 aliphatic heterocycles. The van der Waals surface area contributed by atoms with Gasteiger partial charge in [-0.2, -0.15) is 19.7 Å². The lowest BCUT2D eigenvalue weighted by molar-refractivity contribution is 0.579. The molecule has 9 heteroatoms. The van der Waals surface area contributed by atoms with Crippen molar-refractivity contribution < 1.29 is 0 Å². The minimum absolute atomic E-state index is 0.627. The molecule has 3 aromatic carbocycles. The van der Waals surface area contributed by atoms with Crippen molar-refractivity contribution in [2.24, 2.45) is 0 Å². The second kappa shape index (κ2) is 11.1. The Bertz CT molecular complexity index is 1350. The average Bonchev–Trinajstić information content (AvgIpc) is 3.53. The normalized spacial score (nSPS) is 11.1. The lowest BCUT2D eigenvalue weighted by Gasteiger charge is -2.05. The Morgan fingerprint density at radius 3 is 2.37 bits per heavy atom. The summed E-state index contributed by atoms with van der Waals surface area (Å²) < 4.78 is 1.76. The molecule has 5 aromatic rings. The zero-order valence-corrected chi connectivity index (χ0v) is 20.3. The van der Waals surface area contributed by atoms with Crippen LogP contribution in [0.25, 0.3) is 16.9 Å². The Hall–Kier alpha value is -3.82. The highest BCUT2D eigenvalue weighted by Crippen LogP contribution is 2.21. The highest BCUT2D eigenvalue weighted by molar-refractivity contribution is 7.99. The monoisotopic (exact) mass is 482 g/mol. The highest BCUT2D eigenvalue weighted by Gasteiger charge is 2.14. The third-order valence-corrected chi connectivity index (χ3v) is 6.38. The van der Waals surface area contributed by atoms with Gasteiger partial charge in [-0.05, 0) is 35.0 Å². The fourth-order valence-corrected chi connectivity index (χ4v) is 4.46. The summed E-state index contributed by atoms with van der Waals surface area (Å²) in [6.45, 7) is 4.14. The van der Waals surface area contributed by atoms with Gasteiger partial charge in [0.25, 0.3) is 0 Å². The molecule has 35 heavy (non-hydrogen) atoms. The number of hydrogen-bond acceptors (Lipinski definition) is 7. The summed E-state index contributed by atoms with van der Waals surface area (Å²) in [5.74, 6) is 0.825. The van der Waals surface area contributed by atoms with E-state index in [1.165, 1.54) is 11.1 Å². The van der Waals surface area contributed by atoms with Crippen LogP contribution in [0.3, 0.4) is 0 Å². The van der Waals surface area contributed by atoms with Crippen molar-refractivity contribution in [2.75, 3.05) is 12.3 Å². The fourth-order valence-electron chi connectivity index (χ4n) is 3.67. The number of rotatable bonds is 10. The first-order valence-electron chi connectivity index (χ1n) is 11.5. The summed E-state index contributed by atoms with van der Waals surface area (Å²) >= 11 is 1.62. The second-order valence-electron chi connectivity index (χ2n) is 8.11.